The summed E-state index contributed by atoms with van der Waals surface area (Å²) in [4.78, 5) is 14.7. The molecule has 0 radical (unpaired) electrons. The number of carboxylic acids is 1. The third-order valence-electron chi connectivity index (χ3n) is 3.37. The molecule has 0 amide bonds. The molecule has 2 heterocycles. The Bertz CT molecular complexity index is 606. The van der Waals surface area contributed by atoms with Gasteiger partial charge in [-0.05, 0) is 18.1 Å². The van der Waals surface area contributed by atoms with Crippen molar-refractivity contribution in [2.24, 2.45) is 0 Å². The predicted molar refractivity (Wildman–Crippen MR) is 68.5 cm³/mol. The molecule has 1 aromatic carbocycles. The van der Waals surface area contributed by atoms with E-state index in [9.17, 15) is 4.79 Å². The lowest BCUT2D eigenvalue weighted by atomic mass is 9.93. The Morgan fingerprint density at radius 1 is 1.47 bits per heavy atom. The van der Waals surface area contributed by atoms with Crippen molar-refractivity contribution in [3.63, 3.8) is 0 Å². The number of aromatic nitrogens is 2. The van der Waals surface area contributed by atoms with E-state index in [0.29, 0.717) is 12.5 Å². The molecule has 1 N–H and O–H groups in total. The number of para-hydroxylation sites is 1. The standard InChI is InChI=1S/C14H14N2O3/c17-14(18)12-8-16(9-15-12)7-10-5-6-19-13-4-2-1-3-11(10)13/h1-4,8-10H,5-7H2,(H,17,18). The molecule has 0 fully saturated rings. The minimum absolute atomic E-state index is 0.0837. The van der Waals surface area contributed by atoms with Gasteiger partial charge in [0.2, 0.25) is 0 Å². The molecule has 1 aromatic heterocycles. The minimum Gasteiger partial charge on any atom is -0.493 e. The maximum atomic E-state index is 10.8. The van der Waals surface area contributed by atoms with Crippen molar-refractivity contribution in [3.8, 4) is 5.75 Å². The van der Waals surface area contributed by atoms with E-state index in [1.54, 1.807) is 12.5 Å². The SMILES string of the molecule is O=C(O)c1cn(CC2CCOc3ccccc32)cn1. The highest BCUT2D eigenvalue weighted by Gasteiger charge is 2.21. The first-order valence-corrected chi connectivity index (χ1v) is 6.21. The molecule has 98 valence electrons. The Morgan fingerprint density at radius 3 is 3.11 bits per heavy atom. The molecule has 3 rings (SSSR count). The lowest BCUT2D eigenvalue weighted by Gasteiger charge is -2.25. The number of fused-ring (bicyclic) bond motifs is 1. The topological polar surface area (TPSA) is 64.3 Å². The van der Waals surface area contributed by atoms with Crippen LogP contribution in [0.3, 0.4) is 0 Å². The second-order valence-electron chi connectivity index (χ2n) is 4.63. The largest absolute Gasteiger partial charge is 0.493 e. The van der Waals surface area contributed by atoms with Crippen LogP contribution in [0.4, 0.5) is 0 Å². The summed E-state index contributed by atoms with van der Waals surface area (Å²) in [6, 6.07) is 7.99. The van der Waals surface area contributed by atoms with Crippen molar-refractivity contribution in [1.29, 1.82) is 0 Å². The molecular formula is C14H14N2O3. The summed E-state index contributed by atoms with van der Waals surface area (Å²) in [7, 11) is 0. The van der Waals surface area contributed by atoms with Crippen molar-refractivity contribution in [3.05, 3.63) is 48.0 Å². The van der Waals surface area contributed by atoms with Gasteiger partial charge in [-0.25, -0.2) is 9.78 Å². The zero-order chi connectivity index (χ0) is 13.2. The lowest BCUT2D eigenvalue weighted by molar-refractivity contribution is 0.0691. The van der Waals surface area contributed by atoms with Crippen LogP contribution in [0.25, 0.3) is 0 Å². The van der Waals surface area contributed by atoms with Crippen LogP contribution in [0.2, 0.25) is 0 Å². The molecule has 0 bridgehead atoms. The number of rotatable bonds is 3. The van der Waals surface area contributed by atoms with E-state index in [-0.39, 0.29) is 5.69 Å². The molecule has 1 unspecified atom stereocenters. The van der Waals surface area contributed by atoms with E-state index < -0.39 is 5.97 Å². The quantitative estimate of drug-likeness (QED) is 0.916. The summed E-state index contributed by atoms with van der Waals surface area (Å²) >= 11 is 0. The molecular weight excluding hydrogens is 244 g/mol. The summed E-state index contributed by atoms with van der Waals surface area (Å²) in [5.41, 5.74) is 1.26. The molecule has 19 heavy (non-hydrogen) atoms. The fraction of sp³-hybridized carbons (Fsp3) is 0.286. The maximum absolute atomic E-state index is 10.8. The number of hydrogen-bond acceptors (Lipinski definition) is 3. The molecule has 1 atom stereocenters. The molecule has 5 nitrogen and oxygen atoms in total. The smallest absolute Gasteiger partial charge is 0.356 e. The number of ether oxygens (including phenoxy) is 1. The lowest BCUT2D eigenvalue weighted by Crippen LogP contribution is -2.18. The van der Waals surface area contributed by atoms with Crippen LogP contribution < -0.4 is 4.74 Å². The van der Waals surface area contributed by atoms with Crippen LogP contribution in [-0.2, 0) is 6.54 Å². The van der Waals surface area contributed by atoms with Crippen LogP contribution in [-0.4, -0.2) is 27.2 Å². The molecule has 0 saturated carbocycles. The maximum Gasteiger partial charge on any atom is 0.356 e. The first-order valence-electron chi connectivity index (χ1n) is 6.21. The zero-order valence-corrected chi connectivity index (χ0v) is 10.3. The number of carbonyl (C=O) groups is 1. The second-order valence-corrected chi connectivity index (χ2v) is 4.63. The van der Waals surface area contributed by atoms with E-state index >= 15 is 0 Å². The van der Waals surface area contributed by atoms with Gasteiger partial charge in [-0.1, -0.05) is 18.2 Å². The minimum atomic E-state index is -0.994. The van der Waals surface area contributed by atoms with Crippen molar-refractivity contribution in [1.82, 2.24) is 9.55 Å². The van der Waals surface area contributed by atoms with E-state index in [4.69, 9.17) is 9.84 Å². The van der Waals surface area contributed by atoms with Crippen LogP contribution >= 0.6 is 0 Å². The Balaban J connectivity index is 1.82. The van der Waals surface area contributed by atoms with Gasteiger partial charge in [-0.3, -0.25) is 0 Å². The van der Waals surface area contributed by atoms with Crippen molar-refractivity contribution >= 4 is 5.97 Å². The van der Waals surface area contributed by atoms with E-state index in [1.807, 2.05) is 22.8 Å². The molecule has 0 spiro atoms. The fourth-order valence-electron chi connectivity index (χ4n) is 2.43. The first-order chi connectivity index (χ1) is 9.24. The van der Waals surface area contributed by atoms with Gasteiger partial charge in [0.15, 0.2) is 5.69 Å². The van der Waals surface area contributed by atoms with Gasteiger partial charge in [-0.15, -0.1) is 0 Å². The van der Waals surface area contributed by atoms with E-state index in [1.165, 1.54) is 5.56 Å². The number of imidazole rings is 1. The molecule has 0 aliphatic carbocycles. The molecule has 5 heteroatoms. The summed E-state index contributed by atoms with van der Waals surface area (Å²) in [5, 5.41) is 8.87. The highest BCUT2D eigenvalue weighted by atomic mass is 16.5. The van der Waals surface area contributed by atoms with Crippen molar-refractivity contribution in [2.75, 3.05) is 6.61 Å². The molecule has 1 aliphatic heterocycles. The summed E-state index contributed by atoms with van der Waals surface area (Å²) in [6.45, 7) is 1.42. The highest BCUT2D eigenvalue weighted by molar-refractivity contribution is 5.84. The highest BCUT2D eigenvalue weighted by Crippen LogP contribution is 2.34. The average Bonchev–Trinajstić information content (AvgIpc) is 2.88. The molecule has 2 aromatic rings. The van der Waals surface area contributed by atoms with E-state index in [2.05, 4.69) is 11.1 Å². The van der Waals surface area contributed by atoms with Crippen LogP contribution in [0.15, 0.2) is 36.8 Å². The average molecular weight is 258 g/mol. The van der Waals surface area contributed by atoms with Crippen molar-refractivity contribution in [2.45, 2.75) is 18.9 Å². The first kappa shape index (κ1) is 11.8. The van der Waals surface area contributed by atoms with Crippen LogP contribution in [0, 0.1) is 0 Å². The second kappa shape index (κ2) is 4.76. The normalized spacial score (nSPS) is 17.6. The zero-order valence-electron chi connectivity index (χ0n) is 10.3. The van der Waals surface area contributed by atoms with Gasteiger partial charge in [0.1, 0.15) is 5.75 Å². The van der Waals surface area contributed by atoms with Gasteiger partial charge < -0.3 is 14.4 Å². The number of carboxylic acid groups (broad SMARTS) is 1. The Morgan fingerprint density at radius 2 is 2.32 bits per heavy atom. The van der Waals surface area contributed by atoms with Crippen molar-refractivity contribution < 1.29 is 14.6 Å². The summed E-state index contributed by atoms with van der Waals surface area (Å²) in [6.07, 6.45) is 4.07. The molecule has 1 aliphatic rings. The number of benzene rings is 1. The molecule has 0 saturated heterocycles. The van der Waals surface area contributed by atoms with Crippen LogP contribution in [0.5, 0.6) is 5.75 Å². The van der Waals surface area contributed by atoms with Crippen LogP contribution in [0.1, 0.15) is 28.4 Å². The van der Waals surface area contributed by atoms with Gasteiger partial charge in [-0.2, -0.15) is 0 Å². The predicted octanol–water partition coefficient (Wildman–Crippen LogP) is 2.15. The Labute approximate surface area is 110 Å². The fourth-order valence-corrected chi connectivity index (χ4v) is 2.43. The third kappa shape index (κ3) is 2.31. The van der Waals surface area contributed by atoms with Gasteiger partial charge in [0, 0.05) is 18.7 Å². The Hall–Kier alpha value is -2.30. The van der Waals surface area contributed by atoms with Gasteiger partial charge >= 0.3 is 5.97 Å². The van der Waals surface area contributed by atoms with Gasteiger partial charge in [0.25, 0.3) is 0 Å². The summed E-state index contributed by atoms with van der Waals surface area (Å²) in [5.74, 6) is 0.268. The number of aromatic carboxylic acids is 1. The Kier molecular flexibility index (Phi) is 2.95. The summed E-state index contributed by atoms with van der Waals surface area (Å²) < 4.78 is 7.45. The third-order valence-corrected chi connectivity index (χ3v) is 3.37. The van der Waals surface area contributed by atoms with E-state index in [0.717, 1.165) is 18.7 Å². The van der Waals surface area contributed by atoms with Gasteiger partial charge in [0.05, 0.1) is 12.9 Å². The number of hydrogen-bond donors (Lipinski definition) is 1. The monoisotopic (exact) mass is 258 g/mol. The number of nitrogens with zero attached hydrogens (tertiary/aromatic N) is 2.